The maximum atomic E-state index is 12.2. The van der Waals surface area contributed by atoms with Gasteiger partial charge in [0.15, 0.2) is 0 Å². The molecule has 0 atom stereocenters. The number of nitrogens with zero attached hydrogens (tertiary/aromatic N) is 1. The number of carboxylic acids is 1. The second-order valence-electron chi connectivity index (χ2n) is 4.69. The van der Waals surface area contributed by atoms with E-state index < -0.39 is 5.97 Å². The minimum absolute atomic E-state index is 0.137. The summed E-state index contributed by atoms with van der Waals surface area (Å²) in [5.41, 5.74) is 1.75. The van der Waals surface area contributed by atoms with Crippen LogP contribution in [-0.2, 0) is 0 Å². The number of halogens is 1. The van der Waals surface area contributed by atoms with E-state index in [2.05, 4.69) is 27.3 Å². The van der Waals surface area contributed by atoms with Crippen molar-refractivity contribution in [2.24, 2.45) is 0 Å². The maximum absolute atomic E-state index is 12.2. The first-order chi connectivity index (χ1) is 9.47. The van der Waals surface area contributed by atoms with Crippen molar-refractivity contribution >= 4 is 33.6 Å². The van der Waals surface area contributed by atoms with Crippen LogP contribution < -0.4 is 5.32 Å². The van der Waals surface area contributed by atoms with Gasteiger partial charge in [-0.2, -0.15) is 0 Å². The van der Waals surface area contributed by atoms with Gasteiger partial charge in [-0.3, -0.25) is 0 Å². The number of benzene rings is 1. The Balaban J connectivity index is 2.13. The Morgan fingerprint density at radius 2 is 2.15 bits per heavy atom. The van der Waals surface area contributed by atoms with E-state index in [-0.39, 0.29) is 11.6 Å². The summed E-state index contributed by atoms with van der Waals surface area (Å²) in [6, 6.07) is 4.31. The summed E-state index contributed by atoms with van der Waals surface area (Å²) < 4.78 is 0.653. The molecule has 0 spiro atoms. The smallest absolute Gasteiger partial charge is 0.335 e. The molecule has 2 amide bonds. The number of hydrogen-bond acceptors (Lipinski definition) is 2. The molecule has 0 aromatic heterocycles. The summed E-state index contributed by atoms with van der Waals surface area (Å²) in [4.78, 5) is 24.8. The van der Waals surface area contributed by atoms with Crippen LogP contribution in [0.3, 0.4) is 0 Å². The van der Waals surface area contributed by atoms with Crippen molar-refractivity contribution < 1.29 is 14.7 Å². The maximum Gasteiger partial charge on any atom is 0.335 e. The molecular weight excluding hydrogens is 324 g/mol. The second kappa shape index (κ2) is 6.09. The first-order valence-electron chi connectivity index (χ1n) is 6.22. The fourth-order valence-electron chi connectivity index (χ4n) is 2.03. The molecule has 0 saturated heterocycles. The molecule has 0 radical (unpaired) electrons. The minimum Gasteiger partial charge on any atom is -0.478 e. The largest absolute Gasteiger partial charge is 0.478 e. The van der Waals surface area contributed by atoms with Gasteiger partial charge in [-0.25, -0.2) is 9.59 Å². The molecule has 0 bridgehead atoms. The summed E-state index contributed by atoms with van der Waals surface area (Å²) >= 11 is 3.31. The van der Waals surface area contributed by atoms with E-state index in [9.17, 15) is 9.59 Å². The molecular formula is C14H15BrN2O3. The van der Waals surface area contributed by atoms with Crippen molar-refractivity contribution in [2.75, 3.05) is 18.4 Å². The van der Waals surface area contributed by atoms with Gasteiger partial charge in [0.2, 0.25) is 0 Å². The van der Waals surface area contributed by atoms with E-state index in [1.54, 1.807) is 11.0 Å². The summed E-state index contributed by atoms with van der Waals surface area (Å²) in [5.74, 6) is -1.02. The van der Waals surface area contributed by atoms with Crippen molar-refractivity contribution in [2.45, 2.75) is 13.3 Å². The highest BCUT2D eigenvalue weighted by Crippen LogP contribution is 2.24. The van der Waals surface area contributed by atoms with Crippen LogP contribution in [0.25, 0.3) is 0 Å². The molecule has 0 aliphatic carbocycles. The van der Waals surface area contributed by atoms with Crippen LogP contribution >= 0.6 is 15.9 Å². The Labute approximate surface area is 125 Å². The summed E-state index contributed by atoms with van der Waals surface area (Å²) in [6.45, 7) is 3.25. The van der Waals surface area contributed by atoms with Crippen LogP contribution in [0, 0.1) is 0 Å². The van der Waals surface area contributed by atoms with Gasteiger partial charge in [-0.1, -0.05) is 11.6 Å². The fraction of sp³-hybridized carbons (Fsp3) is 0.286. The molecule has 0 saturated carbocycles. The number of carboxylic acid groups (broad SMARTS) is 1. The van der Waals surface area contributed by atoms with E-state index in [0.717, 1.165) is 12.0 Å². The molecule has 0 unspecified atom stereocenters. The highest BCUT2D eigenvalue weighted by molar-refractivity contribution is 9.10. The molecule has 2 N–H and O–H groups in total. The minimum atomic E-state index is -1.02. The van der Waals surface area contributed by atoms with Crippen molar-refractivity contribution in [3.8, 4) is 0 Å². The number of rotatable bonds is 2. The van der Waals surface area contributed by atoms with E-state index in [1.807, 2.05) is 6.92 Å². The normalized spacial score (nSPS) is 14.7. The molecule has 2 rings (SSSR count). The third-order valence-corrected chi connectivity index (χ3v) is 3.77. The Hall–Kier alpha value is -1.82. The monoisotopic (exact) mass is 338 g/mol. The number of anilines is 1. The molecule has 20 heavy (non-hydrogen) atoms. The van der Waals surface area contributed by atoms with Crippen LogP contribution in [0.5, 0.6) is 0 Å². The number of hydrogen-bond donors (Lipinski definition) is 2. The van der Waals surface area contributed by atoms with E-state index in [0.29, 0.717) is 23.2 Å². The van der Waals surface area contributed by atoms with Crippen LogP contribution in [0.2, 0.25) is 0 Å². The third kappa shape index (κ3) is 3.39. The van der Waals surface area contributed by atoms with Gasteiger partial charge in [-0.15, -0.1) is 0 Å². The SMILES string of the molecule is CC1=CCCN(C(=O)Nc2cc(C(=O)O)ccc2Br)C1. The van der Waals surface area contributed by atoms with Gasteiger partial charge < -0.3 is 15.3 Å². The molecule has 106 valence electrons. The molecule has 1 aromatic carbocycles. The fourth-order valence-corrected chi connectivity index (χ4v) is 2.38. The van der Waals surface area contributed by atoms with Crippen LogP contribution in [0.4, 0.5) is 10.5 Å². The van der Waals surface area contributed by atoms with Crippen LogP contribution in [-0.4, -0.2) is 35.1 Å². The molecule has 1 aliphatic rings. The number of amides is 2. The zero-order chi connectivity index (χ0) is 14.7. The molecule has 6 heteroatoms. The Morgan fingerprint density at radius 3 is 2.80 bits per heavy atom. The number of aromatic carboxylic acids is 1. The zero-order valence-electron chi connectivity index (χ0n) is 11.0. The molecule has 5 nitrogen and oxygen atoms in total. The predicted octanol–water partition coefficient (Wildman–Crippen LogP) is 3.33. The number of nitrogens with one attached hydrogen (secondary N) is 1. The first kappa shape index (κ1) is 14.6. The van der Waals surface area contributed by atoms with E-state index in [1.165, 1.54) is 12.1 Å². The Morgan fingerprint density at radius 1 is 1.40 bits per heavy atom. The quantitative estimate of drug-likeness (QED) is 0.812. The lowest BCUT2D eigenvalue weighted by atomic mass is 10.1. The number of carbonyl (C=O) groups excluding carboxylic acids is 1. The average Bonchev–Trinajstić information content (AvgIpc) is 2.41. The molecule has 1 aromatic rings. The standard InChI is InChI=1S/C14H15BrN2O3/c1-9-3-2-6-17(8-9)14(20)16-12-7-10(13(18)19)4-5-11(12)15/h3-5,7H,2,6,8H2,1H3,(H,16,20)(H,18,19). The van der Waals surface area contributed by atoms with E-state index >= 15 is 0 Å². The van der Waals surface area contributed by atoms with Crippen molar-refractivity contribution in [3.05, 3.63) is 39.9 Å². The van der Waals surface area contributed by atoms with Crippen LogP contribution in [0.1, 0.15) is 23.7 Å². The van der Waals surface area contributed by atoms with Gasteiger partial charge in [0, 0.05) is 17.6 Å². The Kier molecular flexibility index (Phi) is 4.44. The highest BCUT2D eigenvalue weighted by Gasteiger charge is 2.17. The number of urea groups is 1. The summed E-state index contributed by atoms with van der Waals surface area (Å²) in [7, 11) is 0. The lowest BCUT2D eigenvalue weighted by Crippen LogP contribution is -2.38. The highest BCUT2D eigenvalue weighted by atomic mass is 79.9. The average molecular weight is 339 g/mol. The van der Waals surface area contributed by atoms with Crippen molar-refractivity contribution in [1.29, 1.82) is 0 Å². The van der Waals surface area contributed by atoms with Gasteiger partial charge in [0.1, 0.15) is 0 Å². The Bertz CT molecular complexity index is 584. The van der Waals surface area contributed by atoms with Crippen LogP contribution in [0.15, 0.2) is 34.3 Å². The van der Waals surface area contributed by atoms with Crippen molar-refractivity contribution in [1.82, 2.24) is 4.90 Å². The topological polar surface area (TPSA) is 69.6 Å². The van der Waals surface area contributed by atoms with Gasteiger partial charge in [0.25, 0.3) is 0 Å². The number of carbonyl (C=O) groups is 2. The van der Waals surface area contributed by atoms with Crippen molar-refractivity contribution in [3.63, 3.8) is 0 Å². The lowest BCUT2D eigenvalue weighted by molar-refractivity contribution is 0.0697. The summed E-state index contributed by atoms with van der Waals surface area (Å²) in [5, 5.41) is 11.7. The molecule has 1 heterocycles. The van der Waals surface area contributed by atoms with Gasteiger partial charge in [0.05, 0.1) is 11.3 Å². The third-order valence-electron chi connectivity index (χ3n) is 3.07. The van der Waals surface area contributed by atoms with Gasteiger partial charge >= 0.3 is 12.0 Å². The second-order valence-corrected chi connectivity index (χ2v) is 5.54. The molecule has 0 fully saturated rings. The zero-order valence-corrected chi connectivity index (χ0v) is 12.6. The molecule has 1 aliphatic heterocycles. The lowest BCUT2D eigenvalue weighted by Gasteiger charge is -2.26. The predicted molar refractivity (Wildman–Crippen MR) is 80.1 cm³/mol. The van der Waals surface area contributed by atoms with Gasteiger partial charge in [-0.05, 0) is 47.5 Å². The first-order valence-corrected chi connectivity index (χ1v) is 7.01. The van der Waals surface area contributed by atoms with E-state index in [4.69, 9.17) is 5.11 Å². The summed E-state index contributed by atoms with van der Waals surface area (Å²) in [6.07, 6.45) is 2.96.